The second kappa shape index (κ2) is 9.47. The highest BCUT2D eigenvalue weighted by Crippen LogP contribution is 2.27. The Balaban J connectivity index is 1.99. The number of ether oxygens (including phenoxy) is 2. The third kappa shape index (κ3) is 5.31. The van der Waals surface area contributed by atoms with Crippen LogP contribution >= 0.6 is 0 Å². The van der Waals surface area contributed by atoms with Crippen LogP contribution in [0.15, 0.2) is 54.7 Å². The van der Waals surface area contributed by atoms with Crippen molar-refractivity contribution in [3.05, 3.63) is 65.9 Å². The molecule has 0 bridgehead atoms. The molecule has 3 aromatic rings. The Morgan fingerprint density at radius 3 is 2.42 bits per heavy atom. The van der Waals surface area contributed by atoms with Gasteiger partial charge in [0.15, 0.2) is 6.10 Å². The summed E-state index contributed by atoms with van der Waals surface area (Å²) in [6, 6.07) is 15.0. The molecule has 0 fully saturated rings. The molecule has 1 heterocycles. The molecule has 3 rings (SSSR count). The van der Waals surface area contributed by atoms with E-state index in [0.717, 1.165) is 11.3 Å². The van der Waals surface area contributed by atoms with Gasteiger partial charge in [0.25, 0.3) is 5.91 Å². The van der Waals surface area contributed by atoms with Crippen LogP contribution in [0, 0.1) is 6.92 Å². The number of methoxy groups -OCH3 is 1. The Morgan fingerprint density at radius 2 is 1.77 bits per heavy atom. The summed E-state index contributed by atoms with van der Waals surface area (Å²) in [6.45, 7) is 7.24. The van der Waals surface area contributed by atoms with Crippen LogP contribution in [0.25, 0.3) is 16.9 Å². The summed E-state index contributed by atoms with van der Waals surface area (Å²) in [4.78, 5) is 25.2. The fraction of sp³-hybridized carbons (Fsp3) is 0.292. The summed E-state index contributed by atoms with van der Waals surface area (Å²) in [5, 5.41) is 7.38. The van der Waals surface area contributed by atoms with Gasteiger partial charge in [-0.3, -0.25) is 4.79 Å². The molecule has 0 saturated heterocycles. The molecule has 7 nitrogen and oxygen atoms in total. The molecule has 0 saturated carbocycles. The Morgan fingerprint density at radius 1 is 1.06 bits per heavy atom. The number of nitrogens with zero attached hydrogens (tertiary/aromatic N) is 2. The molecule has 1 N–H and O–H groups in total. The van der Waals surface area contributed by atoms with Crippen molar-refractivity contribution in [2.75, 3.05) is 7.11 Å². The van der Waals surface area contributed by atoms with E-state index in [1.54, 1.807) is 31.0 Å². The number of aromatic nitrogens is 2. The van der Waals surface area contributed by atoms with Gasteiger partial charge in [0.1, 0.15) is 17.0 Å². The summed E-state index contributed by atoms with van der Waals surface area (Å²) in [7, 11) is 1.58. The van der Waals surface area contributed by atoms with Gasteiger partial charge in [0, 0.05) is 17.8 Å². The fourth-order valence-corrected chi connectivity index (χ4v) is 3.02. The van der Waals surface area contributed by atoms with Crippen molar-refractivity contribution in [2.45, 2.75) is 39.8 Å². The maximum absolute atomic E-state index is 13.0. The van der Waals surface area contributed by atoms with E-state index in [0.29, 0.717) is 17.0 Å². The van der Waals surface area contributed by atoms with Crippen LogP contribution in [0.3, 0.4) is 0 Å². The van der Waals surface area contributed by atoms with E-state index >= 15 is 0 Å². The van der Waals surface area contributed by atoms with Gasteiger partial charge in [-0.15, -0.1) is 0 Å². The maximum Gasteiger partial charge on any atom is 0.342 e. The van der Waals surface area contributed by atoms with E-state index in [2.05, 4.69) is 10.4 Å². The first-order valence-corrected chi connectivity index (χ1v) is 10.1. The molecule has 7 heteroatoms. The monoisotopic (exact) mass is 421 g/mol. The van der Waals surface area contributed by atoms with Gasteiger partial charge in [0.2, 0.25) is 0 Å². The molecule has 162 valence electrons. The molecule has 0 radical (unpaired) electrons. The number of amides is 1. The van der Waals surface area contributed by atoms with Crippen molar-refractivity contribution in [1.82, 2.24) is 15.1 Å². The lowest BCUT2D eigenvalue weighted by atomic mass is 10.1. The molecule has 1 aromatic heterocycles. The molecule has 1 atom stereocenters. The minimum atomic E-state index is -0.934. The zero-order valence-electron chi connectivity index (χ0n) is 18.4. The average Bonchev–Trinajstić information content (AvgIpc) is 3.19. The predicted octanol–water partition coefficient (Wildman–Crippen LogP) is 3.93. The molecule has 0 unspecified atom stereocenters. The Hall–Kier alpha value is -3.61. The van der Waals surface area contributed by atoms with Crippen LogP contribution in [0.2, 0.25) is 0 Å². The summed E-state index contributed by atoms with van der Waals surface area (Å²) >= 11 is 0. The summed E-state index contributed by atoms with van der Waals surface area (Å²) in [5.41, 5.74) is 3.34. The Kier molecular flexibility index (Phi) is 6.74. The number of aryl methyl sites for hydroxylation is 1. The van der Waals surface area contributed by atoms with Crippen LogP contribution in [0.4, 0.5) is 0 Å². The van der Waals surface area contributed by atoms with Crippen LogP contribution in [-0.2, 0) is 9.53 Å². The van der Waals surface area contributed by atoms with E-state index in [-0.39, 0.29) is 17.5 Å². The zero-order valence-corrected chi connectivity index (χ0v) is 18.4. The van der Waals surface area contributed by atoms with E-state index in [9.17, 15) is 9.59 Å². The normalized spacial score (nSPS) is 11.8. The van der Waals surface area contributed by atoms with Gasteiger partial charge >= 0.3 is 5.97 Å². The fourth-order valence-electron chi connectivity index (χ4n) is 3.02. The third-order valence-electron chi connectivity index (χ3n) is 4.66. The van der Waals surface area contributed by atoms with Gasteiger partial charge in [-0.25, -0.2) is 9.48 Å². The maximum atomic E-state index is 13.0. The minimum Gasteiger partial charge on any atom is -0.497 e. The highest BCUT2D eigenvalue weighted by molar-refractivity contribution is 5.97. The van der Waals surface area contributed by atoms with Crippen LogP contribution in [-0.4, -0.2) is 40.9 Å². The van der Waals surface area contributed by atoms with Crippen molar-refractivity contribution < 1.29 is 19.1 Å². The number of benzene rings is 2. The van der Waals surface area contributed by atoms with Gasteiger partial charge in [-0.05, 0) is 52.0 Å². The standard InChI is InChI=1S/C24H27N3O4/c1-15(2)25-23(28)17(4)31-24(29)21-14-27(19-11-9-16(3)10-12-19)26-22(21)18-7-6-8-20(13-18)30-5/h6-15,17H,1-5H3,(H,25,28)/t17-/m1/s1. The first-order chi connectivity index (χ1) is 14.8. The molecular formula is C24H27N3O4. The number of esters is 1. The van der Waals surface area contributed by atoms with E-state index < -0.39 is 12.1 Å². The zero-order chi connectivity index (χ0) is 22.5. The van der Waals surface area contributed by atoms with Crippen molar-refractivity contribution in [2.24, 2.45) is 0 Å². The lowest BCUT2D eigenvalue weighted by molar-refractivity contribution is -0.129. The largest absolute Gasteiger partial charge is 0.497 e. The molecule has 0 aliphatic carbocycles. The molecule has 2 aromatic carbocycles. The SMILES string of the molecule is COc1cccc(-c2nn(-c3ccc(C)cc3)cc2C(=O)O[C@H](C)C(=O)NC(C)C)c1. The number of nitrogens with one attached hydrogen (secondary N) is 1. The summed E-state index contributed by atoms with van der Waals surface area (Å²) in [5.74, 6) is -0.328. The second-order valence-corrected chi connectivity index (χ2v) is 7.61. The van der Waals surface area contributed by atoms with Crippen molar-refractivity contribution >= 4 is 11.9 Å². The van der Waals surface area contributed by atoms with Gasteiger partial charge in [0.05, 0.1) is 12.8 Å². The van der Waals surface area contributed by atoms with Crippen molar-refractivity contribution in [1.29, 1.82) is 0 Å². The summed E-state index contributed by atoms with van der Waals surface area (Å²) in [6.07, 6.45) is 0.685. The molecule has 0 aliphatic rings. The van der Waals surface area contributed by atoms with E-state index in [4.69, 9.17) is 9.47 Å². The average molecular weight is 421 g/mol. The predicted molar refractivity (Wildman–Crippen MR) is 118 cm³/mol. The minimum absolute atomic E-state index is 0.0507. The number of carbonyl (C=O) groups excluding carboxylic acids is 2. The molecule has 0 aliphatic heterocycles. The van der Waals surface area contributed by atoms with Crippen LogP contribution in [0.1, 0.15) is 36.7 Å². The second-order valence-electron chi connectivity index (χ2n) is 7.61. The van der Waals surface area contributed by atoms with E-state index in [1.807, 2.05) is 63.2 Å². The van der Waals surface area contributed by atoms with E-state index in [1.165, 1.54) is 0 Å². The van der Waals surface area contributed by atoms with Crippen LogP contribution < -0.4 is 10.1 Å². The third-order valence-corrected chi connectivity index (χ3v) is 4.66. The lowest BCUT2D eigenvalue weighted by Crippen LogP contribution is -2.39. The molecule has 31 heavy (non-hydrogen) atoms. The van der Waals surface area contributed by atoms with Gasteiger partial charge in [-0.1, -0.05) is 29.8 Å². The van der Waals surface area contributed by atoms with Gasteiger partial charge < -0.3 is 14.8 Å². The topological polar surface area (TPSA) is 82.5 Å². The Labute approximate surface area is 182 Å². The molecular weight excluding hydrogens is 394 g/mol. The van der Waals surface area contributed by atoms with Crippen molar-refractivity contribution in [3.63, 3.8) is 0 Å². The van der Waals surface area contributed by atoms with Crippen LogP contribution in [0.5, 0.6) is 5.75 Å². The molecule has 1 amide bonds. The number of rotatable bonds is 7. The molecule has 0 spiro atoms. The highest BCUT2D eigenvalue weighted by atomic mass is 16.5. The lowest BCUT2D eigenvalue weighted by Gasteiger charge is -2.15. The number of hydrogen-bond donors (Lipinski definition) is 1. The first kappa shape index (κ1) is 22.1. The van der Waals surface area contributed by atoms with Crippen molar-refractivity contribution in [3.8, 4) is 22.7 Å². The smallest absolute Gasteiger partial charge is 0.342 e. The van der Waals surface area contributed by atoms with Gasteiger partial charge in [-0.2, -0.15) is 5.10 Å². The first-order valence-electron chi connectivity index (χ1n) is 10.1. The number of carbonyl (C=O) groups is 2. The highest BCUT2D eigenvalue weighted by Gasteiger charge is 2.25. The quantitative estimate of drug-likeness (QED) is 0.585. The summed E-state index contributed by atoms with van der Waals surface area (Å²) < 4.78 is 12.4. The number of hydrogen-bond acceptors (Lipinski definition) is 5. The Bertz CT molecular complexity index is 1070.